The van der Waals surface area contributed by atoms with Crippen molar-refractivity contribution in [3.8, 4) is 11.4 Å². The summed E-state index contributed by atoms with van der Waals surface area (Å²) in [6.07, 6.45) is 3.97. The van der Waals surface area contributed by atoms with Crippen molar-refractivity contribution in [2.75, 3.05) is 26.2 Å². The van der Waals surface area contributed by atoms with E-state index in [2.05, 4.69) is 15.1 Å². The second kappa shape index (κ2) is 9.04. The molecule has 30 heavy (non-hydrogen) atoms. The average molecular weight is 426 g/mol. The average Bonchev–Trinajstić information content (AvgIpc) is 3.27. The largest absolute Gasteiger partial charge is 0.339 e. The summed E-state index contributed by atoms with van der Waals surface area (Å²) in [5, 5.41) is 4.54. The third-order valence-electron chi connectivity index (χ3n) is 4.97. The minimum absolute atomic E-state index is 0.0113. The minimum atomic E-state index is -0.0479. The highest BCUT2D eigenvalue weighted by Crippen LogP contribution is 2.16. The number of carbonyl (C=O) groups is 2. The van der Waals surface area contributed by atoms with Crippen molar-refractivity contribution in [3.63, 3.8) is 0 Å². The zero-order valence-corrected chi connectivity index (χ0v) is 17.0. The first-order valence-corrected chi connectivity index (χ1v) is 10.0. The number of benzene rings is 1. The van der Waals surface area contributed by atoms with E-state index in [1.54, 1.807) is 58.6 Å². The highest BCUT2D eigenvalue weighted by atomic mass is 35.5. The van der Waals surface area contributed by atoms with Gasteiger partial charge in [0.2, 0.25) is 17.6 Å². The Hall–Kier alpha value is -3.26. The lowest BCUT2D eigenvalue weighted by Crippen LogP contribution is -2.50. The minimum Gasteiger partial charge on any atom is -0.339 e. The molecule has 2 amide bonds. The van der Waals surface area contributed by atoms with Crippen LogP contribution in [0.4, 0.5) is 0 Å². The fourth-order valence-electron chi connectivity index (χ4n) is 3.28. The van der Waals surface area contributed by atoms with Gasteiger partial charge in [-0.05, 0) is 36.4 Å². The van der Waals surface area contributed by atoms with Crippen LogP contribution in [0.25, 0.3) is 11.4 Å². The van der Waals surface area contributed by atoms with Crippen LogP contribution in [0, 0.1) is 0 Å². The molecule has 1 aromatic carbocycles. The molecule has 0 unspecified atom stereocenters. The van der Waals surface area contributed by atoms with Crippen molar-refractivity contribution in [1.82, 2.24) is 24.9 Å². The van der Waals surface area contributed by atoms with Gasteiger partial charge in [0, 0.05) is 67.6 Å². The Bertz CT molecular complexity index is 1010. The van der Waals surface area contributed by atoms with Gasteiger partial charge in [0.1, 0.15) is 0 Å². The number of carbonyl (C=O) groups excluding carboxylic acids is 2. The van der Waals surface area contributed by atoms with Crippen molar-refractivity contribution in [2.45, 2.75) is 12.8 Å². The van der Waals surface area contributed by atoms with Gasteiger partial charge in [-0.15, -0.1) is 0 Å². The number of aromatic nitrogens is 3. The van der Waals surface area contributed by atoms with E-state index in [1.165, 1.54) is 0 Å². The molecule has 0 bridgehead atoms. The number of nitrogens with zero attached hydrogens (tertiary/aromatic N) is 5. The number of rotatable bonds is 5. The van der Waals surface area contributed by atoms with Crippen LogP contribution in [-0.4, -0.2) is 62.9 Å². The lowest BCUT2D eigenvalue weighted by molar-refractivity contribution is -0.132. The number of halogens is 1. The van der Waals surface area contributed by atoms with Crippen molar-refractivity contribution in [1.29, 1.82) is 0 Å². The predicted octanol–water partition coefficient (Wildman–Crippen LogP) is 2.70. The van der Waals surface area contributed by atoms with Crippen molar-refractivity contribution in [2.24, 2.45) is 0 Å². The molecule has 0 N–H and O–H groups in total. The van der Waals surface area contributed by atoms with Gasteiger partial charge in [-0.25, -0.2) is 0 Å². The monoisotopic (exact) mass is 425 g/mol. The zero-order valence-electron chi connectivity index (χ0n) is 16.2. The third-order valence-corrected chi connectivity index (χ3v) is 5.22. The number of hydrogen-bond donors (Lipinski definition) is 0. The molecule has 0 aliphatic carbocycles. The molecular weight excluding hydrogens is 406 g/mol. The van der Waals surface area contributed by atoms with E-state index >= 15 is 0 Å². The summed E-state index contributed by atoms with van der Waals surface area (Å²) < 4.78 is 5.25. The van der Waals surface area contributed by atoms with Crippen LogP contribution in [0.2, 0.25) is 5.02 Å². The molecule has 3 heterocycles. The Kier molecular flexibility index (Phi) is 6.04. The summed E-state index contributed by atoms with van der Waals surface area (Å²) in [4.78, 5) is 36.9. The van der Waals surface area contributed by atoms with Gasteiger partial charge in [0.25, 0.3) is 5.91 Å². The Labute approximate surface area is 178 Å². The second-order valence-corrected chi connectivity index (χ2v) is 7.36. The Morgan fingerprint density at radius 2 is 1.63 bits per heavy atom. The second-order valence-electron chi connectivity index (χ2n) is 6.93. The number of aryl methyl sites for hydroxylation is 1. The Morgan fingerprint density at radius 1 is 0.967 bits per heavy atom. The summed E-state index contributed by atoms with van der Waals surface area (Å²) >= 11 is 5.88. The summed E-state index contributed by atoms with van der Waals surface area (Å²) in [7, 11) is 0. The zero-order chi connectivity index (χ0) is 20.9. The number of amides is 2. The third kappa shape index (κ3) is 4.65. The van der Waals surface area contributed by atoms with Crippen LogP contribution >= 0.6 is 11.6 Å². The lowest BCUT2D eigenvalue weighted by Gasteiger charge is -2.34. The molecule has 9 heteroatoms. The van der Waals surface area contributed by atoms with Gasteiger partial charge < -0.3 is 14.3 Å². The SMILES string of the molecule is O=C(CCc1nc(-c2ccncc2)no1)N1CCN(C(=O)c2ccc(Cl)cc2)CC1. The molecule has 1 saturated heterocycles. The first-order valence-electron chi connectivity index (χ1n) is 9.66. The molecule has 1 aliphatic rings. The standard InChI is InChI=1S/C21H20ClN5O3/c22-17-3-1-16(2-4-17)21(29)27-13-11-26(12-14-27)19(28)6-5-18-24-20(25-30-18)15-7-9-23-10-8-15/h1-4,7-10H,5-6,11-14H2. The maximum absolute atomic E-state index is 12.6. The Morgan fingerprint density at radius 3 is 2.33 bits per heavy atom. The maximum Gasteiger partial charge on any atom is 0.253 e. The first-order chi connectivity index (χ1) is 14.6. The van der Waals surface area contributed by atoms with Gasteiger partial charge >= 0.3 is 0 Å². The lowest BCUT2D eigenvalue weighted by atomic mass is 10.1. The van der Waals surface area contributed by atoms with E-state index < -0.39 is 0 Å². The highest BCUT2D eigenvalue weighted by Gasteiger charge is 2.25. The Balaban J connectivity index is 1.26. The van der Waals surface area contributed by atoms with E-state index in [-0.39, 0.29) is 18.2 Å². The van der Waals surface area contributed by atoms with Crippen LogP contribution in [0.5, 0.6) is 0 Å². The van der Waals surface area contributed by atoms with E-state index in [4.69, 9.17) is 16.1 Å². The molecule has 3 aromatic rings. The highest BCUT2D eigenvalue weighted by molar-refractivity contribution is 6.30. The molecule has 1 fully saturated rings. The molecule has 0 atom stereocenters. The van der Waals surface area contributed by atoms with Gasteiger partial charge in [-0.2, -0.15) is 4.98 Å². The van der Waals surface area contributed by atoms with Gasteiger partial charge in [-0.1, -0.05) is 16.8 Å². The normalized spacial score (nSPS) is 14.0. The first kappa shape index (κ1) is 20.0. The predicted molar refractivity (Wildman–Crippen MR) is 110 cm³/mol. The van der Waals surface area contributed by atoms with Crippen molar-refractivity contribution in [3.05, 3.63) is 65.3 Å². The molecule has 4 rings (SSSR count). The summed E-state index contributed by atoms with van der Waals surface area (Å²) in [5.41, 5.74) is 1.41. The van der Waals surface area contributed by atoms with Gasteiger partial charge in [-0.3, -0.25) is 14.6 Å². The van der Waals surface area contributed by atoms with E-state index in [1.807, 2.05) is 0 Å². The summed E-state index contributed by atoms with van der Waals surface area (Å²) in [5.74, 6) is 0.867. The molecule has 154 valence electrons. The van der Waals surface area contributed by atoms with Crippen molar-refractivity contribution >= 4 is 23.4 Å². The summed E-state index contributed by atoms with van der Waals surface area (Å²) in [6.45, 7) is 2.01. The summed E-state index contributed by atoms with van der Waals surface area (Å²) in [6, 6.07) is 10.4. The van der Waals surface area contributed by atoms with Crippen LogP contribution in [0.3, 0.4) is 0 Å². The molecule has 0 radical (unpaired) electrons. The van der Waals surface area contributed by atoms with Crippen LogP contribution in [-0.2, 0) is 11.2 Å². The van der Waals surface area contributed by atoms with E-state index in [0.717, 1.165) is 5.56 Å². The van der Waals surface area contributed by atoms with E-state index in [9.17, 15) is 9.59 Å². The number of piperazine rings is 1. The fourth-order valence-corrected chi connectivity index (χ4v) is 3.41. The topological polar surface area (TPSA) is 92.4 Å². The molecule has 0 spiro atoms. The van der Waals surface area contributed by atoms with Crippen LogP contribution in [0.1, 0.15) is 22.7 Å². The van der Waals surface area contributed by atoms with Gasteiger partial charge in [0.15, 0.2) is 0 Å². The maximum atomic E-state index is 12.6. The molecule has 8 nitrogen and oxygen atoms in total. The van der Waals surface area contributed by atoms with Crippen molar-refractivity contribution < 1.29 is 14.1 Å². The molecule has 0 saturated carbocycles. The quantitative estimate of drug-likeness (QED) is 0.624. The fraction of sp³-hybridized carbons (Fsp3) is 0.286. The van der Waals surface area contributed by atoms with Crippen LogP contribution < -0.4 is 0 Å². The smallest absolute Gasteiger partial charge is 0.253 e. The van der Waals surface area contributed by atoms with E-state index in [0.29, 0.717) is 54.9 Å². The van der Waals surface area contributed by atoms with Gasteiger partial charge in [0.05, 0.1) is 0 Å². The van der Waals surface area contributed by atoms with Crippen LogP contribution in [0.15, 0.2) is 53.3 Å². The number of pyridine rings is 1. The molecular formula is C21H20ClN5O3. The number of hydrogen-bond acceptors (Lipinski definition) is 6. The molecule has 1 aliphatic heterocycles. The molecule has 2 aromatic heterocycles.